The van der Waals surface area contributed by atoms with E-state index in [1.54, 1.807) is 0 Å². The molecule has 4 heteroatoms. The van der Waals surface area contributed by atoms with Crippen LogP contribution in [0.15, 0.2) is 0 Å². The van der Waals surface area contributed by atoms with E-state index in [-0.39, 0.29) is 11.9 Å². The van der Waals surface area contributed by atoms with Gasteiger partial charge in [-0.3, -0.25) is 9.69 Å². The molecule has 0 aromatic heterocycles. The Balaban J connectivity index is 2.52. The van der Waals surface area contributed by atoms with Crippen molar-refractivity contribution in [2.45, 2.75) is 26.8 Å². The molecule has 88 valence electrons. The molecule has 2 unspecified atom stereocenters. The van der Waals surface area contributed by atoms with Crippen molar-refractivity contribution in [3.05, 3.63) is 0 Å². The van der Waals surface area contributed by atoms with Gasteiger partial charge in [0.1, 0.15) is 0 Å². The van der Waals surface area contributed by atoms with Gasteiger partial charge >= 0.3 is 0 Å². The third-order valence-corrected chi connectivity index (χ3v) is 3.20. The summed E-state index contributed by atoms with van der Waals surface area (Å²) in [5.41, 5.74) is 5.60. The van der Waals surface area contributed by atoms with Crippen LogP contribution in [0.1, 0.15) is 20.8 Å². The summed E-state index contributed by atoms with van der Waals surface area (Å²) in [7, 11) is 0. The molecule has 0 aliphatic carbocycles. The molecule has 1 aliphatic rings. The van der Waals surface area contributed by atoms with Crippen molar-refractivity contribution in [1.29, 1.82) is 0 Å². The quantitative estimate of drug-likeness (QED) is 0.722. The van der Waals surface area contributed by atoms with Crippen LogP contribution >= 0.6 is 0 Å². The molecule has 1 heterocycles. The Morgan fingerprint density at radius 3 is 2.73 bits per heavy atom. The highest BCUT2D eigenvalue weighted by molar-refractivity contribution is 5.82. The molecule has 1 rings (SSSR count). The van der Waals surface area contributed by atoms with Gasteiger partial charge in [0.25, 0.3) is 0 Å². The lowest BCUT2D eigenvalue weighted by Gasteiger charge is -2.39. The molecule has 15 heavy (non-hydrogen) atoms. The third-order valence-electron chi connectivity index (χ3n) is 3.20. The molecule has 0 aromatic rings. The van der Waals surface area contributed by atoms with Crippen molar-refractivity contribution >= 4 is 5.91 Å². The molecule has 0 bridgehead atoms. The van der Waals surface area contributed by atoms with E-state index in [0.29, 0.717) is 12.5 Å². The summed E-state index contributed by atoms with van der Waals surface area (Å²) < 4.78 is 0. The monoisotopic (exact) mass is 213 g/mol. The Kier molecular flexibility index (Phi) is 4.54. The van der Waals surface area contributed by atoms with Gasteiger partial charge in [-0.05, 0) is 26.3 Å². The van der Waals surface area contributed by atoms with Gasteiger partial charge in [0.2, 0.25) is 5.91 Å². The van der Waals surface area contributed by atoms with E-state index in [1.165, 1.54) is 0 Å². The number of hydrogen-bond acceptors (Lipinski definition) is 3. The van der Waals surface area contributed by atoms with Crippen LogP contribution < -0.4 is 5.73 Å². The minimum Gasteiger partial charge on any atom is -0.340 e. The largest absolute Gasteiger partial charge is 0.340 e. The summed E-state index contributed by atoms with van der Waals surface area (Å²) in [5.74, 6) is 0.724. The van der Waals surface area contributed by atoms with Gasteiger partial charge in [-0.15, -0.1) is 0 Å². The van der Waals surface area contributed by atoms with E-state index in [4.69, 9.17) is 5.73 Å². The lowest BCUT2D eigenvalue weighted by atomic mass is 10.1. The molecular weight excluding hydrogens is 190 g/mol. The molecule has 0 aromatic carbocycles. The number of rotatable bonds is 4. The van der Waals surface area contributed by atoms with E-state index < -0.39 is 0 Å². The van der Waals surface area contributed by atoms with E-state index in [9.17, 15) is 4.79 Å². The topological polar surface area (TPSA) is 49.6 Å². The fourth-order valence-corrected chi connectivity index (χ4v) is 2.01. The molecule has 2 atom stereocenters. The van der Waals surface area contributed by atoms with Crippen LogP contribution in [0.5, 0.6) is 0 Å². The summed E-state index contributed by atoms with van der Waals surface area (Å²) in [5, 5.41) is 0. The molecule has 1 saturated heterocycles. The standard InChI is InChI=1S/C11H23N3O/c1-4-13-5-6-14(8-9(2)7-12)10(3)11(13)15/h9-10H,4-8,12H2,1-3H3. The van der Waals surface area contributed by atoms with E-state index in [2.05, 4.69) is 11.8 Å². The van der Waals surface area contributed by atoms with Crippen molar-refractivity contribution in [3.63, 3.8) is 0 Å². The SMILES string of the molecule is CCN1CCN(CC(C)CN)C(C)C1=O. The lowest BCUT2D eigenvalue weighted by molar-refractivity contribution is -0.141. The van der Waals surface area contributed by atoms with Crippen molar-refractivity contribution in [1.82, 2.24) is 9.80 Å². The average molecular weight is 213 g/mol. The summed E-state index contributed by atoms with van der Waals surface area (Å²) >= 11 is 0. The van der Waals surface area contributed by atoms with Crippen molar-refractivity contribution in [2.24, 2.45) is 11.7 Å². The van der Waals surface area contributed by atoms with Gasteiger partial charge in [0.15, 0.2) is 0 Å². The smallest absolute Gasteiger partial charge is 0.239 e. The van der Waals surface area contributed by atoms with Crippen molar-refractivity contribution in [2.75, 3.05) is 32.7 Å². The van der Waals surface area contributed by atoms with Crippen LogP contribution in [0.25, 0.3) is 0 Å². The number of carbonyl (C=O) groups excluding carboxylic acids is 1. The minimum absolute atomic E-state index is 0.0210. The Hall–Kier alpha value is -0.610. The van der Waals surface area contributed by atoms with Crippen molar-refractivity contribution in [3.8, 4) is 0 Å². The first-order valence-corrected chi connectivity index (χ1v) is 5.83. The zero-order valence-electron chi connectivity index (χ0n) is 10.1. The Bertz CT molecular complexity index is 220. The number of likely N-dealkylation sites (N-methyl/N-ethyl adjacent to an activating group) is 1. The van der Waals surface area contributed by atoms with E-state index in [0.717, 1.165) is 26.2 Å². The van der Waals surface area contributed by atoms with Crippen LogP contribution in [-0.2, 0) is 4.79 Å². The van der Waals surface area contributed by atoms with Crippen LogP contribution in [-0.4, -0.2) is 54.5 Å². The molecule has 0 spiro atoms. The average Bonchev–Trinajstić information content (AvgIpc) is 2.25. The molecule has 2 N–H and O–H groups in total. The van der Waals surface area contributed by atoms with Crippen LogP contribution in [0.2, 0.25) is 0 Å². The van der Waals surface area contributed by atoms with Gasteiger partial charge in [0, 0.05) is 26.2 Å². The molecule has 1 aliphatic heterocycles. The predicted molar refractivity (Wildman–Crippen MR) is 61.5 cm³/mol. The second-order valence-corrected chi connectivity index (χ2v) is 4.43. The maximum absolute atomic E-state index is 11.9. The number of nitrogens with zero attached hydrogens (tertiary/aromatic N) is 2. The first-order valence-electron chi connectivity index (χ1n) is 5.83. The van der Waals surface area contributed by atoms with Gasteiger partial charge in [0.05, 0.1) is 6.04 Å². The number of amides is 1. The molecule has 1 amide bonds. The Morgan fingerprint density at radius 2 is 2.20 bits per heavy atom. The second-order valence-electron chi connectivity index (χ2n) is 4.43. The van der Waals surface area contributed by atoms with Crippen LogP contribution in [0.4, 0.5) is 0 Å². The molecule has 4 nitrogen and oxygen atoms in total. The van der Waals surface area contributed by atoms with Crippen LogP contribution in [0, 0.1) is 5.92 Å². The number of hydrogen-bond donors (Lipinski definition) is 1. The Labute approximate surface area is 92.4 Å². The highest BCUT2D eigenvalue weighted by Gasteiger charge is 2.30. The van der Waals surface area contributed by atoms with Gasteiger partial charge < -0.3 is 10.6 Å². The number of nitrogens with two attached hydrogens (primary N) is 1. The fraction of sp³-hybridized carbons (Fsp3) is 0.909. The highest BCUT2D eigenvalue weighted by atomic mass is 16.2. The Morgan fingerprint density at radius 1 is 1.53 bits per heavy atom. The van der Waals surface area contributed by atoms with E-state index >= 15 is 0 Å². The first-order chi connectivity index (χ1) is 7.10. The molecule has 0 radical (unpaired) electrons. The summed E-state index contributed by atoms with van der Waals surface area (Å²) in [6.07, 6.45) is 0. The second kappa shape index (κ2) is 5.47. The summed E-state index contributed by atoms with van der Waals surface area (Å²) in [4.78, 5) is 16.1. The molecular formula is C11H23N3O. The third kappa shape index (κ3) is 2.92. The van der Waals surface area contributed by atoms with E-state index in [1.807, 2.05) is 18.7 Å². The number of carbonyl (C=O) groups is 1. The van der Waals surface area contributed by atoms with Gasteiger partial charge in [-0.25, -0.2) is 0 Å². The lowest BCUT2D eigenvalue weighted by Crippen LogP contribution is -2.56. The molecule has 0 saturated carbocycles. The summed E-state index contributed by atoms with van der Waals surface area (Å²) in [6.45, 7) is 10.4. The van der Waals surface area contributed by atoms with Gasteiger partial charge in [-0.2, -0.15) is 0 Å². The predicted octanol–water partition coefficient (Wildman–Crippen LogP) is 0.134. The first kappa shape index (κ1) is 12.5. The van der Waals surface area contributed by atoms with Crippen molar-refractivity contribution < 1.29 is 4.79 Å². The highest BCUT2D eigenvalue weighted by Crippen LogP contribution is 2.12. The van der Waals surface area contributed by atoms with Crippen LogP contribution in [0.3, 0.4) is 0 Å². The zero-order valence-corrected chi connectivity index (χ0v) is 10.1. The maximum Gasteiger partial charge on any atom is 0.239 e. The normalized spacial score (nSPS) is 25.7. The molecule has 1 fully saturated rings. The fourth-order valence-electron chi connectivity index (χ4n) is 2.01. The van der Waals surface area contributed by atoms with Gasteiger partial charge in [-0.1, -0.05) is 6.92 Å². The minimum atomic E-state index is 0.0210. The summed E-state index contributed by atoms with van der Waals surface area (Å²) in [6, 6.07) is 0.0210. The maximum atomic E-state index is 11.9. The zero-order chi connectivity index (χ0) is 11.4. The number of piperazine rings is 1.